The molecule has 260 valence electrons. The van der Waals surface area contributed by atoms with Crippen molar-refractivity contribution in [3.8, 4) is 22.3 Å². The molecule has 0 unspecified atom stereocenters. The minimum atomic E-state index is 0.869. The molecule has 10 aromatic rings. The van der Waals surface area contributed by atoms with Crippen LogP contribution in [0.1, 0.15) is 0 Å². The predicted molar refractivity (Wildman–Crippen MR) is 231 cm³/mol. The summed E-state index contributed by atoms with van der Waals surface area (Å²) >= 11 is 0. The Bertz CT molecular complexity index is 2900. The molecule has 0 aliphatic rings. The van der Waals surface area contributed by atoms with E-state index < -0.39 is 0 Å². The first-order valence-electron chi connectivity index (χ1n) is 18.7. The average molecular weight is 705 g/mol. The van der Waals surface area contributed by atoms with E-state index in [1.807, 2.05) is 12.1 Å². The highest BCUT2D eigenvalue weighted by Gasteiger charge is 2.22. The molecule has 0 saturated heterocycles. The fourth-order valence-corrected chi connectivity index (χ4v) is 7.87. The van der Waals surface area contributed by atoms with Gasteiger partial charge in [-0.2, -0.15) is 0 Å². The number of para-hydroxylation sites is 4. The summed E-state index contributed by atoms with van der Waals surface area (Å²) < 4.78 is 6.59. The molecule has 0 bridgehead atoms. The summed E-state index contributed by atoms with van der Waals surface area (Å²) in [6, 6.07) is 77.4. The number of hydrogen-bond acceptors (Lipinski definition) is 3. The van der Waals surface area contributed by atoms with E-state index in [2.05, 4.69) is 216 Å². The van der Waals surface area contributed by atoms with E-state index in [1.165, 1.54) is 22.1 Å². The summed E-state index contributed by atoms with van der Waals surface area (Å²) in [5, 5.41) is 4.56. The molecule has 0 aliphatic carbocycles. The van der Waals surface area contributed by atoms with E-state index in [9.17, 15) is 0 Å². The maximum absolute atomic E-state index is 6.59. The van der Waals surface area contributed by atoms with E-state index in [-0.39, 0.29) is 0 Å². The third-order valence-electron chi connectivity index (χ3n) is 10.5. The van der Waals surface area contributed by atoms with E-state index in [1.54, 1.807) is 0 Å². The van der Waals surface area contributed by atoms with Gasteiger partial charge in [0.05, 0.1) is 11.4 Å². The molecule has 0 aliphatic heterocycles. The number of rotatable bonds is 8. The van der Waals surface area contributed by atoms with Crippen LogP contribution in [0.4, 0.5) is 34.1 Å². The highest BCUT2D eigenvalue weighted by atomic mass is 16.3. The summed E-state index contributed by atoms with van der Waals surface area (Å²) in [7, 11) is 0. The first-order valence-corrected chi connectivity index (χ1v) is 18.7. The predicted octanol–water partition coefficient (Wildman–Crippen LogP) is 15.0. The number of anilines is 6. The fraction of sp³-hybridized carbons (Fsp3) is 0. The normalized spacial score (nSPS) is 11.3. The van der Waals surface area contributed by atoms with Crippen molar-refractivity contribution in [2.45, 2.75) is 0 Å². The van der Waals surface area contributed by atoms with Gasteiger partial charge in [0.25, 0.3) is 0 Å². The van der Waals surface area contributed by atoms with Crippen molar-refractivity contribution in [2.24, 2.45) is 0 Å². The second-order valence-corrected chi connectivity index (χ2v) is 13.7. The van der Waals surface area contributed by atoms with E-state index >= 15 is 0 Å². The number of benzene rings is 9. The second kappa shape index (κ2) is 13.9. The van der Waals surface area contributed by atoms with Crippen LogP contribution in [0.3, 0.4) is 0 Å². The summed E-state index contributed by atoms with van der Waals surface area (Å²) in [6.07, 6.45) is 0. The zero-order chi connectivity index (χ0) is 36.6. The molecule has 0 N–H and O–H groups in total. The van der Waals surface area contributed by atoms with Crippen LogP contribution in [-0.2, 0) is 0 Å². The largest absolute Gasteiger partial charge is 0.454 e. The molecule has 3 heteroatoms. The van der Waals surface area contributed by atoms with Crippen molar-refractivity contribution in [3.63, 3.8) is 0 Å². The van der Waals surface area contributed by atoms with Crippen molar-refractivity contribution >= 4 is 66.8 Å². The highest BCUT2D eigenvalue weighted by Crippen LogP contribution is 2.46. The second-order valence-electron chi connectivity index (χ2n) is 13.7. The number of hydrogen-bond donors (Lipinski definition) is 0. The van der Waals surface area contributed by atoms with Crippen LogP contribution in [0.5, 0.6) is 0 Å². The molecule has 0 saturated carbocycles. The van der Waals surface area contributed by atoms with Crippen LogP contribution in [0, 0.1) is 0 Å². The Labute approximate surface area is 320 Å². The molecular weight excluding hydrogens is 669 g/mol. The highest BCUT2D eigenvalue weighted by molar-refractivity contribution is 6.12. The molecule has 55 heavy (non-hydrogen) atoms. The summed E-state index contributed by atoms with van der Waals surface area (Å²) in [4.78, 5) is 4.65. The lowest BCUT2D eigenvalue weighted by Gasteiger charge is -2.27. The number of furan rings is 1. The van der Waals surface area contributed by atoms with Gasteiger partial charge >= 0.3 is 0 Å². The third-order valence-corrected chi connectivity index (χ3v) is 10.5. The lowest BCUT2D eigenvalue weighted by molar-refractivity contribution is 0.669. The maximum atomic E-state index is 6.59. The smallest absolute Gasteiger partial charge is 0.159 e. The van der Waals surface area contributed by atoms with Crippen molar-refractivity contribution in [2.75, 3.05) is 9.80 Å². The van der Waals surface area contributed by atoms with Crippen molar-refractivity contribution in [1.82, 2.24) is 0 Å². The molecule has 0 amide bonds. The van der Waals surface area contributed by atoms with Crippen LogP contribution in [0.2, 0.25) is 0 Å². The van der Waals surface area contributed by atoms with Crippen LogP contribution in [0.15, 0.2) is 223 Å². The quantitative estimate of drug-likeness (QED) is 0.157. The molecule has 10 rings (SSSR count). The SMILES string of the molecule is c1ccc(-c2ccc(N(c3ccccc3)c3ccc(-c4ccc(N(c5ccccc5)c5cccc6c5oc5ccccc56)c5ccccc45)cc3)cc2)cc1. The van der Waals surface area contributed by atoms with Gasteiger partial charge in [-0.3, -0.25) is 0 Å². The van der Waals surface area contributed by atoms with Crippen LogP contribution in [-0.4, -0.2) is 0 Å². The van der Waals surface area contributed by atoms with E-state index in [0.717, 1.165) is 67.0 Å². The maximum Gasteiger partial charge on any atom is 0.159 e. The Morgan fingerprint density at radius 1 is 0.273 bits per heavy atom. The molecule has 0 fully saturated rings. The monoisotopic (exact) mass is 704 g/mol. The lowest BCUT2D eigenvalue weighted by Crippen LogP contribution is -2.11. The zero-order valence-electron chi connectivity index (χ0n) is 30.1. The van der Waals surface area contributed by atoms with E-state index in [0.29, 0.717) is 0 Å². The van der Waals surface area contributed by atoms with Gasteiger partial charge in [0, 0.05) is 38.9 Å². The molecule has 0 spiro atoms. The van der Waals surface area contributed by atoms with Crippen molar-refractivity contribution in [3.05, 3.63) is 218 Å². The van der Waals surface area contributed by atoms with Gasteiger partial charge in [-0.25, -0.2) is 0 Å². The number of nitrogens with zero attached hydrogens (tertiary/aromatic N) is 2. The Morgan fingerprint density at radius 3 is 1.44 bits per heavy atom. The van der Waals surface area contributed by atoms with E-state index in [4.69, 9.17) is 4.42 Å². The minimum Gasteiger partial charge on any atom is -0.454 e. The molecule has 0 radical (unpaired) electrons. The van der Waals surface area contributed by atoms with Crippen LogP contribution >= 0.6 is 0 Å². The van der Waals surface area contributed by atoms with Gasteiger partial charge in [-0.15, -0.1) is 0 Å². The van der Waals surface area contributed by atoms with Gasteiger partial charge in [0.1, 0.15) is 5.58 Å². The fourth-order valence-electron chi connectivity index (χ4n) is 7.87. The van der Waals surface area contributed by atoms with Gasteiger partial charge in [-0.05, 0) is 94.4 Å². The third kappa shape index (κ3) is 5.89. The molecular formula is C52H36N2O. The van der Waals surface area contributed by atoms with Gasteiger partial charge in [0.15, 0.2) is 5.58 Å². The molecule has 9 aromatic carbocycles. The zero-order valence-corrected chi connectivity index (χ0v) is 30.1. The number of fused-ring (bicyclic) bond motifs is 4. The van der Waals surface area contributed by atoms with Crippen molar-refractivity contribution in [1.29, 1.82) is 0 Å². The molecule has 1 aromatic heterocycles. The Morgan fingerprint density at radius 2 is 0.764 bits per heavy atom. The van der Waals surface area contributed by atoms with Gasteiger partial charge in [0.2, 0.25) is 0 Å². The van der Waals surface area contributed by atoms with Crippen molar-refractivity contribution < 1.29 is 4.42 Å². The Kier molecular flexibility index (Phi) is 8.16. The average Bonchev–Trinajstić information content (AvgIpc) is 3.65. The van der Waals surface area contributed by atoms with Crippen LogP contribution in [0.25, 0.3) is 55.0 Å². The summed E-state index contributed by atoms with van der Waals surface area (Å²) in [5.41, 5.74) is 13.0. The summed E-state index contributed by atoms with van der Waals surface area (Å²) in [6.45, 7) is 0. The minimum absolute atomic E-state index is 0.869. The lowest BCUT2D eigenvalue weighted by atomic mass is 9.96. The van der Waals surface area contributed by atoms with Gasteiger partial charge in [-0.1, -0.05) is 152 Å². The Balaban J connectivity index is 1.07. The van der Waals surface area contributed by atoms with Gasteiger partial charge < -0.3 is 14.2 Å². The molecule has 3 nitrogen and oxygen atoms in total. The molecule has 0 atom stereocenters. The first kappa shape index (κ1) is 32.3. The topological polar surface area (TPSA) is 19.6 Å². The molecule has 1 heterocycles. The summed E-state index contributed by atoms with van der Waals surface area (Å²) in [5.74, 6) is 0. The standard InChI is InChI=1S/C52H36N2O/c1-4-15-37(16-5-1)38-27-31-42(32-28-38)53(40-17-6-2-7-18-40)43-33-29-39(30-34-43)44-35-36-49(46-22-11-10-21-45(44)46)54(41-19-8-3-9-20-41)50-25-14-24-48-47-23-12-13-26-51(47)55-52(48)50/h1-36H. The Hall–Kier alpha value is -7.36. The van der Waals surface area contributed by atoms with Crippen LogP contribution < -0.4 is 9.80 Å². The first-order chi connectivity index (χ1) is 27.3.